The molecule has 1 aliphatic heterocycles. The van der Waals surface area contributed by atoms with Crippen molar-refractivity contribution in [1.82, 2.24) is 9.55 Å². The Morgan fingerprint density at radius 2 is 2.43 bits per heavy atom. The lowest BCUT2D eigenvalue weighted by Crippen LogP contribution is -2.24. The maximum Gasteiger partial charge on any atom is 0.169 e. The number of ether oxygens (including phenoxy) is 2. The monoisotopic (exact) mass is 292 g/mol. The number of aromatic nitrogens is 2. The third-order valence-electron chi connectivity index (χ3n) is 3.58. The van der Waals surface area contributed by atoms with Gasteiger partial charge in [0.25, 0.3) is 0 Å². The molecule has 1 N–H and O–H groups in total. The normalized spacial score (nSPS) is 20.5. The molecule has 0 saturated carbocycles. The molecule has 0 aromatic carbocycles. The van der Waals surface area contributed by atoms with Crippen LogP contribution in [0.5, 0.6) is 0 Å². The number of nitrogens with zero attached hydrogens (tertiary/aromatic N) is 2. The summed E-state index contributed by atoms with van der Waals surface area (Å²) in [5.74, 6) is 1.04. The molecule has 6 heteroatoms. The van der Waals surface area contributed by atoms with Gasteiger partial charge in [0.2, 0.25) is 0 Å². The minimum atomic E-state index is -0.860. The fourth-order valence-electron chi connectivity index (χ4n) is 2.46. The van der Waals surface area contributed by atoms with E-state index >= 15 is 0 Å². The Hall–Kier alpha value is -1.63. The Labute approximate surface area is 123 Å². The van der Waals surface area contributed by atoms with Crippen molar-refractivity contribution in [2.45, 2.75) is 38.2 Å². The molecule has 2 aromatic rings. The van der Waals surface area contributed by atoms with Gasteiger partial charge in [-0.2, -0.15) is 0 Å². The molecular formula is C15H20N2O4. The molecule has 0 bridgehead atoms. The molecule has 1 saturated heterocycles. The molecular weight excluding hydrogens is 272 g/mol. The number of aliphatic hydroxyl groups is 1. The lowest BCUT2D eigenvalue weighted by molar-refractivity contribution is -0.163. The summed E-state index contributed by atoms with van der Waals surface area (Å²) in [5, 5.41) is 10.3. The third-order valence-corrected chi connectivity index (χ3v) is 3.58. The van der Waals surface area contributed by atoms with Crippen LogP contribution in [-0.2, 0) is 16.0 Å². The van der Waals surface area contributed by atoms with Crippen LogP contribution < -0.4 is 0 Å². The summed E-state index contributed by atoms with van der Waals surface area (Å²) in [6, 6.07) is 3.48. The molecule has 3 rings (SSSR count). The van der Waals surface area contributed by atoms with E-state index in [0.717, 1.165) is 25.9 Å². The first-order valence-corrected chi connectivity index (χ1v) is 7.30. The quantitative estimate of drug-likeness (QED) is 0.883. The summed E-state index contributed by atoms with van der Waals surface area (Å²) in [5.41, 5.74) is 0. The highest BCUT2D eigenvalue weighted by molar-refractivity contribution is 5.12. The van der Waals surface area contributed by atoms with Gasteiger partial charge < -0.3 is 23.6 Å². The van der Waals surface area contributed by atoms with E-state index in [4.69, 9.17) is 13.9 Å². The van der Waals surface area contributed by atoms with Gasteiger partial charge in [-0.3, -0.25) is 0 Å². The Kier molecular flexibility index (Phi) is 4.69. The van der Waals surface area contributed by atoms with Crippen molar-refractivity contribution in [2.75, 3.05) is 13.2 Å². The van der Waals surface area contributed by atoms with Crippen LogP contribution in [0.3, 0.4) is 0 Å². The minimum absolute atomic E-state index is 0.0966. The average molecular weight is 292 g/mol. The van der Waals surface area contributed by atoms with Crippen LogP contribution in [0.15, 0.2) is 35.2 Å². The second-order valence-corrected chi connectivity index (χ2v) is 5.06. The van der Waals surface area contributed by atoms with Crippen molar-refractivity contribution < 1.29 is 19.0 Å². The van der Waals surface area contributed by atoms with Crippen molar-refractivity contribution in [2.24, 2.45) is 0 Å². The lowest BCUT2D eigenvalue weighted by atomic mass is 10.2. The molecule has 2 atom stereocenters. The van der Waals surface area contributed by atoms with Crippen LogP contribution in [0, 0.1) is 0 Å². The Morgan fingerprint density at radius 1 is 1.48 bits per heavy atom. The highest BCUT2D eigenvalue weighted by atomic mass is 16.7. The SMILES string of the molecule is O[C@H](c1ccco1)c1nccn1CCO[C@H]1CCCCO1. The van der Waals surface area contributed by atoms with Gasteiger partial charge >= 0.3 is 0 Å². The van der Waals surface area contributed by atoms with E-state index in [1.807, 2.05) is 10.8 Å². The number of hydrogen-bond donors (Lipinski definition) is 1. The molecule has 0 amide bonds. The zero-order valence-electron chi connectivity index (χ0n) is 11.9. The molecule has 0 radical (unpaired) electrons. The lowest BCUT2D eigenvalue weighted by Gasteiger charge is -2.23. The molecule has 0 spiro atoms. The van der Waals surface area contributed by atoms with Gasteiger partial charge in [-0.1, -0.05) is 0 Å². The fourth-order valence-corrected chi connectivity index (χ4v) is 2.46. The first-order chi connectivity index (χ1) is 10.3. The number of aliphatic hydroxyl groups excluding tert-OH is 1. The second kappa shape index (κ2) is 6.89. The summed E-state index contributed by atoms with van der Waals surface area (Å²) in [6.07, 6.45) is 7.28. The summed E-state index contributed by atoms with van der Waals surface area (Å²) < 4.78 is 18.3. The summed E-state index contributed by atoms with van der Waals surface area (Å²) in [4.78, 5) is 4.20. The van der Waals surface area contributed by atoms with Crippen LogP contribution >= 0.6 is 0 Å². The van der Waals surface area contributed by atoms with Gasteiger partial charge in [0, 0.05) is 25.5 Å². The molecule has 0 unspecified atom stereocenters. The van der Waals surface area contributed by atoms with Gasteiger partial charge in [0.15, 0.2) is 12.4 Å². The number of imidazole rings is 1. The second-order valence-electron chi connectivity index (χ2n) is 5.06. The van der Waals surface area contributed by atoms with E-state index in [1.165, 1.54) is 6.26 Å². The van der Waals surface area contributed by atoms with E-state index in [1.54, 1.807) is 18.3 Å². The molecule has 6 nitrogen and oxygen atoms in total. The predicted molar refractivity (Wildman–Crippen MR) is 74.5 cm³/mol. The summed E-state index contributed by atoms with van der Waals surface area (Å²) in [6.45, 7) is 1.92. The van der Waals surface area contributed by atoms with Crippen molar-refractivity contribution in [3.63, 3.8) is 0 Å². The van der Waals surface area contributed by atoms with Gasteiger partial charge in [-0.05, 0) is 31.4 Å². The highest BCUT2D eigenvalue weighted by Crippen LogP contribution is 2.21. The number of hydrogen-bond acceptors (Lipinski definition) is 5. The predicted octanol–water partition coefficient (Wildman–Crippen LogP) is 2.10. The molecule has 1 fully saturated rings. The number of furan rings is 1. The van der Waals surface area contributed by atoms with Gasteiger partial charge in [-0.25, -0.2) is 4.98 Å². The zero-order valence-corrected chi connectivity index (χ0v) is 11.9. The molecule has 0 aliphatic carbocycles. The van der Waals surface area contributed by atoms with E-state index in [0.29, 0.717) is 24.7 Å². The zero-order chi connectivity index (χ0) is 14.5. The van der Waals surface area contributed by atoms with Crippen LogP contribution in [0.2, 0.25) is 0 Å². The maximum atomic E-state index is 10.3. The number of rotatable bonds is 6. The Morgan fingerprint density at radius 3 is 3.19 bits per heavy atom. The van der Waals surface area contributed by atoms with Crippen LogP contribution in [0.4, 0.5) is 0 Å². The van der Waals surface area contributed by atoms with Gasteiger partial charge in [0.1, 0.15) is 11.6 Å². The molecule has 2 aromatic heterocycles. The molecule has 114 valence electrons. The summed E-state index contributed by atoms with van der Waals surface area (Å²) in [7, 11) is 0. The molecule has 1 aliphatic rings. The van der Waals surface area contributed by atoms with Crippen molar-refractivity contribution >= 4 is 0 Å². The first kappa shape index (κ1) is 14.3. The molecule has 3 heterocycles. The standard InChI is InChI=1S/C15H20N2O4/c18-14(12-4-3-10-19-12)15-16-6-7-17(15)8-11-21-13-5-1-2-9-20-13/h3-4,6-7,10,13-14,18H,1-2,5,8-9,11H2/t13-,14+/m0/s1. The van der Waals surface area contributed by atoms with E-state index < -0.39 is 6.10 Å². The van der Waals surface area contributed by atoms with E-state index in [9.17, 15) is 5.11 Å². The van der Waals surface area contributed by atoms with Crippen LogP contribution in [-0.4, -0.2) is 34.2 Å². The Bertz CT molecular complexity index is 532. The van der Waals surface area contributed by atoms with Crippen molar-refractivity contribution in [3.8, 4) is 0 Å². The topological polar surface area (TPSA) is 69.7 Å². The van der Waals surface area contributed by atoms with Crippen LogP contribution in [0.1, 0.15) is 37.0 Å². The minimum Gasteiger partial charge on any atom is -0.466 e. The third kappa shape index (κ3) is 3.53. The van der Waals surface area contributed by atoms with Crippen molar-refractivity contribution in [3.05, 3.63) is 42.4 Å². The van der Waals surface area contributed by atoms with E-state index in [-0.39, 0.29) is 6.29 Å². The smallest absolute Gasteiger partial charge is 0.169 e. The maximum absolute atomic E-state index is 10.3. The molecule has 21 heavy (non-hydrogen) atoms. The van der Waals surface area contributed by atoms with Gasteiger partial charge in [0.05, 0.1) is 12.9 Å². The largest absolute Gasteiger partial charge is 0.466 e. The van der Waals surface area contributed by atoms with Crippen LogP contribution in [0.25, 0.3) is 0 Å². The summed E-state index contributed by atoms with van der Waals surface area (Å²) >= 11 is 0. The van der Waals surface area contributed by atoms with Gasteiger partial charge in [-0.15, -0.1) is 0 Å². The van der Waals surface area contributed by atoms with E-state index in [2.05, 4.69) is 4.98 Å². The first-order valence-electron chi connectivity index (χ1n) is 7.30. The highest BCUT2D eigenvalue weighted by Gasteiger charge is 2.19. The Balaban J connectivity index is 1.55. The fraction of sp³-hybridized carbons (Fsp3) is 0.533. The average Bonchev–Trinajstić information content (AvgIpc) is 3.19. The van der Waals surface area contributed by atoms with Crippen molar-refractivity contribution in [1.29, 1.82) is 0 Å².